The maximum Gasteiger partial charge on any atom is 0.231 e. The summed E-state index contributed by atoms with van der Waals surface area (Å²) < 4.78 is 0. The molecule has 2 heterocycles. The molecule has 0 aromatic carbocycles. The summed E-state index contributed by atoms with van der Waals surface area (Å²) in [6.45, 7) is 5.05. The molecule has 1 unspecified atom stereocenters. The van der Waals surface area contributed by atoms with Crippen LogP contribution in [0.25, 0.3) is 0 Å². The molecule has 0 amide bonds. The van der Waals surface area contributed by atoms with Crippen LogP contribution in [0.5, 0.6) is 0 Å². The van der Waals surface area contributed by atoms with Crippen LogP contribution in [-0.2, 0) is 0 Å². The Morgan fingerprint density at radius 1 is 1.24 bits per heavy atom. The van der Waals surface area contributed by atoms with Crippen LogP contribution < -0.4 is 15.5 Å². The van der Waals surface area contributed by atoms with Gasteiger partial charge in [0.2, 0.25) is 17.8 Å². The number of hydrogen-bond donors (Lipinski definition) is 2. The molecule has 2 aromatic rings. The molecule has 1 atom stereocenters. The molecule has 114 valence electrons. The van der Waals surface area contributed by atoms with Crippen LogP contribution >= 0.6 is 11.3 Å². The van der Waals surface area contributed by atoms with Gasteiger partial charge in [0.05, 0.1) is 6.04 Å². The van der Waals surface area contributed by atoms with Gasteiger partial charge in [0, 0.05) is 20.6 Å². The van der Waals surface area contributed by atoms with E-state index < -0.39 is 0 Å². The van der Waals surface area contributed by atoms with Crippen LogP contribution in [-0.4, -0.2) is 35.6 Å². The Morgan fingerprint density at radius 3 is 2.62 bits per heavy atom. The molecule has 0 saturated heterocycles. The Hall–Kier alpha value is -1.89. The molecule has 0 aliphatic rings. The largest absolute Gasteiger partial charge is 0.354 e. The molecule has 0 bridgehead atoms. The van der Waals surface area contributed by atoms with E-state index in [-0.39, 0.29) is 6.04 Å². The average Bonchev–Trinajstić information content (AvgIpc) is 2.99. The number of anilines is 3. The van der Waals surface area contributed by atoms with Crippen molar-refractivity contribution in [1.82, 2.24) is 15.0 Å². The van der Waals surface area contributed by atoms with E-state index in [0.717, 1.165) is 13.0 Å². The van der Waals surface area contributed by atoms with Crippen LogP contribution in [0, 0.1) is 0 Å². The molecule has 2 N–H and O–H groups in total. The molecule has 21 heavy (non-hydrogen) atoms. The zero-order chi connectivity index (χ0) is 15.2. The number of rotatable bonds is 7. The van der Waals surface area contributed by atoms with Crippen LogP contribution in [0.4, 0.5) is 17.8 Å². The van der Waals surface area contributed by atoms with Crippen LogP contribution in [0.15, 0.2) is 16.8 Å². The molecule has 2 rings (SSSR count). The fraction of sp³-hybridized carbons (Fsp3) is 0.500. The van der Waals surface area contributed by atoms with Gasteiger partial charge in [0.15, 0.2) is 0 Å². The van der Waals surface area contributed by atoms with Crippen molar-refractivity contribution in [2.24, 2.45) is 0 Å². The predicted octanol–water partition coefficient (Wildman–Crippen LogP) is 2.99. The third-order valence-corrected chi connectivity index (χ3v) is 3.65. The first-order valence-electron chi connectivity index (χ1n) is 7.06. The zero-order valence-electron chi connectivity index (χ0n) is 12.9. The number of nitrogens with one attached hydrogen (secondary N) is 2. The Morgan fingerprint density at radius 2 is 2.00 bits per heavy atom. The highest BCUT2D eigenvalue weighted by molar-refractivity contribution is 7.07. The quantitative estimate of drug-likeness (QED) is 0.820. The summed E-state index contributed by atoms with van der Waals surface area (Å²) in [5.41, 5.74) is 1.23. The van der Waals surface area contributed by atoms with Crippen molar-refractivity contribution in [3.05, 3.63) is 22.4 Å². The standard InChI is InChI=1S/C14H22N6S/c1-5-7-15-12-17-13(19-14(18-12)20(3)4)16-10(2)11-6-8-21-9-11/h6,8-10H,5,7H2,1-4H3,(H2,15,16,17,18,19). The number of nitrogens with zero attached hydrogens (tertiary/aromatic N) is 4. The second-order valence-electron chi connectivity index (χ2n) is 5.03. The first kappa shape index (κ1) is 15.5. The van der Waals surface area contributed by atoms with Gasteiger partial charge >= 0.3 is 0 Å². The van der Waals surface area contributed by atoms with E-state index >= 15 is 0 Å². The van der Waals surface area contributed by atoms with Crippen molar-refractivity contribution in [2.75, 3.05) is 36.2 Å². The normalized spacial score (nSPS) is 12.0. The lowest BCUT2D eigenvalue weighted by Gasteiger charge is -2.16. The fourth-order valence-electron chi connectivity index (χ4n) is 1.74. The summed E-state index contributed by atoms with van der Waals surface area (Å²) in [5, 5.41) is 10.7. The van der Waals surface area contributed by atoms with Gasteiger partial charge in [0.25, 0.3) is 0 Å². The van der Waals surface area contributed by atoms with E-state index in [4.69, 9.17) is 0 Å². The van der Waals surface area contributed by atoms with Crippen LogP contribution in [0.3, 0.4) is 0 Å². The van der Waals surface area contributed by atoms with E-state index in [1.807, 2.05) is 19.0 Å². The molecule has 0 saturated carbocycles. The number of hydrogen-bond acceptors (Lipinski definition) is 7. The molecule has 7 heteroatoms. The summed E-state index contributed by atoms with van der Waals surface area (Å²) in [7, 11) is 3.84. The Labute approximate surface area is 129 Å². The molecular formula is C14H22N6S. The minimum Gasteiger partial charge on any atom is -0.354 e. The van der Waals surface area contributed by atoms with Gasteiger partial charge in [-0.1, -0.05) is 6.92 Å². The second-order valence-corrected chi connectivity index (χ2v) is 5.81. The highest BCUT2D eigenvalue weighted by Crippen LogP contribution is 2.20. The molecule has 0 aliphatic carbocycles. The minimum atomic E-state index is 0.160. The Kier molecular flexibility index (Phi) is 5.32. The van der Waals surface area contributed by atoms with E-state index in [0.29, 0.717) is 17.8 Å². The summed E-state index contributed by atoms with van der Waals surface area (Å²) in [6.07, 6.45) is 1.02. The van der Waals surface area contributed by atoms with Gasteiger partial charge in [-0.25, -0.2) is 0 Å². The van der Waals surface area contributed by atoms with Crippen molar-refractivity contribution < 1.29 is 0 Å². The molecule has 0 spiro atoms. The highest BCUT2D eigenvalue weighted by Gasteiger charge is 2.11. The molecule has 0 fully saturated rings. The first-order valence-corrected chi connectivity index (χ1v) is 8.00. The van der Waals surface area contributed by atoms with Gasteiger partial charge in [0.1, 0.15) is 0 Å². The maximum atomic E-state index is 4.45. The zero-order valence-corrected chi connectivity index (χ0v) is 13.7. The lowest BCUT2D eigenvalue weighted by atomic mass is 10.2. The van der Waals surface area contributed by atoms with Crippen molar-refractivity contribution in [3.63, 3.8) is 0 Å². The van der Waals surface area contributed by atoms with Gasteiger partial charge in [-0.05, 0) is 35.7 Å². The summed E-state index contributed by atoms with van der Waals surface area (Å²) in [5.74, 6) is 1.84. The average molecular weight is 306 g/mol. The molecule has 0 radical (unpaired) electrons. The molecule has 2 aromatic heterocycles. The van der Waals surface area contributed by atoms with Gasteiger partial charge in [-0.3, -0.25) is 0 Å². The monoisotopic (exact) mass is 306 g/mol. The molecular weight excluding hydrogens is 284 g/mol. The van der Waals surface area contributed by atoms with Crippen LogP contribution in [0.1, 0.15) is 31.9 Å². The van der Waals surface area contributed by atoms with E-state index in [1.165, 1.54) is 5.56 Å². The topological polar surface area (TPSA) is 66.0 Å². The maximum absolute atomic E-state index is 4.45. The van der Waals surface area contributed by atoms with E-state index in [2.05, 4.69) is 56.3 Å². The Balaban J connectivity index is 2.18. The van der Waals surface area contributed by atoms with E-state index in [1.54, 1.807) is 11.3 Å². The molecule has 0 aliphatic heterocycles. The fourth-order valence-corrected chi connectivity index (χ4v) is 2.50. The van der Waals surface area contributed by atoms with Crippen molar-refractivity contribution >= 4 is 29.2 Å². The molecule has 6 nitrogen and oxygen atoms in total. The van der Waals surface area contributed by atoms with Gasteiger partial charge in [-0.15, -0.1) is 0 Å². The van der Waals surface area contributed by atoms with Crippen molar-refractivity contribution in [3.8, 4) is 0 Å². The first-order chi connectivity index (χ1) is 10.1. The third-order valence-electron chi connectivity index (χ3n) is 2.95. The number of thiophene rings is 1. The van der Waals surface area contributed by atoms with E-state index in [9.17, 15) is 0 Å². The summed E-state index contributed by atoms with van der Waals surface area (Å²) in [6, 6.07) is 2.26. The van der Waals surface area contributed by atoms with Gasteiger partial charge < -0.3 is 15.5 Å². The number of aromatic nitrogens is 3. The third kappa shape index (κ3) is 4.29. The second kappa shape index (κ2) is 7.21. The minimum absolute atomic E-state index is 0.160. The van der Waals surface area contributed by atoms with Crippen molar-refractivity contribution in [1.29, 1.82) is 0 Å². The smallest absolute Gasteiger partial charge is 0.231 e. The lowest BCUT2D eigenvalue weighted by molar-refractivity contribution is 0.847. The highest BCUT2D eigenvalue weighted by atomic mass is 32.1. The summed E-state index contributed by atoms with van der Waals surface area (Å²) >= 11 is 1.69. The SMILES string of the molecule is CCCNc1nc(NC(C)c2ccsc2)nc(N(C)C)n1. The predicted molar refractivity (Wildman–Crippen MR) is 89.3 cm³/mol. The summed E-state index contributed by atoms with van der Waals surface area (Å²) in [4.78, 5) is 15.2. The lowest BCUT2D eigenvalue weighted by Crippen LogP contribution is -2.18. The van der Waals surface area contributed by atoms with Crippen molar-refractivity contribution in [2.45, 2.75) is 26.3 Å². The van der Waals surface area contributed by atoms with Gasteiger partial charge in [-0.2, -0.15) is 26.3 Å². The Bertz CT molecular complexity index is 555. The van der Waals surface area contributed by atoms with Crippen LogP contribution in [0.2, 0.25) is 0 Å².